The van der Waals surface area contributed by atoms with Gasteiger partial charge < -0.3 is 10.1 Å². The number of hydrogen-bond donors (Lipinski definition) is 1. The highest BCUT2D eigenvalue weighted by Crippen LogP contribution is 2.35. The molecule has 0 bridgehead atoms. The van der Waals surface area contributed by atoms with E-state index in [1.54, 1.807) is 11.6 Å². The van der Waals surface area contributed by atoms with Crippen LogP contribution in [0.15, 0.2) is 17.6 Å². The van der Waals surface area contributed by atoms with Gasteiger partial charge in [-0.2, -0.15) is 0 Å². The summed E-state index contributed by atoms with van der Waals surface area (Å²) >= 11 is 1.40. The molecular weight excluding hydrogens is 290 g/mol. The Morgan fingerprint density at radius 2 is 2.24 bits per heavy atom. The highest BCUT2D eigenvalue weighted by molar-refractivity contribution is 7.16. The number of fused-ring (bicyclic) bond motifs is 1. The van der Waals surface area contributed by atoms with Crippen LogP contribution in [-0.4, -0.2) is 29.2 Å². The lowest BCUT2D eigenvalue weighted by molar-refractivity contribution is -0.382. The fraction of sp³-hybridized carbons (Fsp3) is 0.500. The third kappa shape index (κ3) is 3.48. The summed E-state index contributed by atoms with van der Waals surface area (Å²) in [5.74, 6) is 0.294. The Labute approximate surface area is 127 Å². The van der Waals surface area contributed by atoms with Crippen LogP contribution >= 0.6 is 11.3 Å². The van der Waals surface area contributed by atoms with Crippen LogP contribution in [0.3, 0.4) is 0 Å². The van der Waals surface area contributed by atoms with Gasteiger partial charge in [-0.15, -0.1) is 11.3 Å². The largest absolute Gasteiger partial charge is 0.380 e. The van der Waals surface area contributed by atoms with Crippen molar-refractivity contribution in [2.45, 2.75) is 26.8 Å². The zero-order valence-electron chi connectivity index (χ0n) is 12.3. The second kappa shape index (κ2) is 6.82. The lowest BCUT2D eigenvalue weighted by Crippen LogP contribution is -2.31. The zero-order chi connectivity index (χ0) is 15.4. The van der Waals surface area contributed by atoms with Gasteiger partial charge in [0.05, 0.1) is 27.8 Å². The molecular formula is C14H19N3O3S. The van der Waals surface area contributed by atoms with Gasteiger partial charge in [0.2, 0.25) is 0 Å². The maximum Gasteiger partial charge on any atom is 0.319 e. The van der Waals surface area contributed by atoms with E-state index in [4.69, 9.17) is 4.74 Å². The SMILES string of the molecule is CCOCC(Nc1ccc2scnc2c1[N+](=O)[O-])C(C)C. The van der Waals surface area contributed by atoms with Crippen molar-refractivity contribution in [3.63, 3.8) is 0 Å². The van der Waals surface area contributed by atoms with Crippen molar-refractivity contribution in [1.29, 1.82) is 0 Å². The van der Waals surface area contributed by atoms with Crippen LogP contribution < -0.4 is 5.32 Å². The highest BCUT2D eigenvalue weighted by Gasteiger charge is 2.23. The second-order valence-electron chi connectivity index (χ2n) is 5.07. The molecule has 0 spiro atoms. The van der Waals surface area contributed by atoms with Gasteiger partial charge in [0.25, 0.3) is 0 Å². The van der Waals surface area contributed by atoms with E-state index >= 15 is 0 Å². The number of hydrogen-bond acceptors (Lipinski definition) is 6. The third-order valence-electron chi connectivity index (χ3n) is 3.31. The summed E-state index contributed by atoms with van der Waals surface area (Å²) in [6.45, 7) is 7.19. The Balaban J connectivity index is 2.35. The molecule has 1 unspecified atom stereocenters. The predicted octanol–water partition coefficient (Wildman–Crippen LogP) is 3.68. The second-order valence-corrected chi connectivity index (χ2v) is 5.96. The van der Waals surface area contributed by atoms with Gasteiger partial charge in [0.1, 0.15) is 5.69 Å². The first kappa shape index (κ1) is 15.7. The molecule has 1 N–H and O–H groups in total. The predicted molar refractivity (Wildman–Crippen MR) is 85.0 cm³/mol. The van der Waals surface area contributed by atoms with Crippen LogP contribution in [0.5, 0.6) is 0 Å². The summed E-state index contributed by atoms with van der Waals surface area (Å²) in [7, 11) is 0. The molecule has 7 heteroatoms. The first-order valence-corrected chi connectivity index (χ1v) is 7.77. The number of nitro groups is 1. The molecule has 1 aromatic carbocycles. The van der Waals surface area contributed by atoms with Gasteiger partial charge in [-0.1, -0.05) is 13.8 Å². The fourth-order valence-corrected chi connectivity index (χ4v) is 2.74. The number of aromatic nitrogens is 1. The monoisotopic (exact) mass is 309 g/mol. The number of thiazole rings is 1. The molecule has 0 aliphatic heterocycles. The van der Waals surface area contributed by atoms with E-state index in [1.165, 1.54) is 11.3 Å². The zero-order valence-corrected chi connectivity index (χ0v) is 13.1. The van der Waals surface area contributed by atoms with E-state index in [9.17, 15) is 10.1 Å². The lowest BCUT2D eigenvalue weighted by Gasteiger charge is -2.23. The normalized spacial score (nSPS) is 12.8. The van der Waals surface area contributed by atoms with Gasteiger partial charge in [0.15, 0.2) is 5.52 Å². The van der Waals surface area contributed by atoms with E-state index in [2.05, 4.69) is 24.1 Å². The maximum absolute atomic E-state index is 11.4. The third-order valence-corrected chi connectivity index (χ3v) is 4.10. The highest BCUT2D eigenvalue weighted by atomic mass is 32.1. The molecule has 0 aliphatic carbocycles. The van der Waals surface area contributed by atoms with E-state index in [0.29, 0.717) is 30.3 Å². The van der Waals surface area contributed by atoms with Crippen molar-refractivity contribution in [1.82, 2.24) is 4.98 Å². The number of ether oxygens (including phenoxy) is 1. The standard InChI is InChI=1S/C14H19N3O3S/c1-4-20-7-11(9(2)3)16-10-5-6-12-13(15-8-21-12)14(10)17(18)19/h5-6,8-9,11,16H,4,7H2,1-3H3. The molecule has 2 aromatic rings. The number of nitrogens with one attached hydrogen (secondary N) is 1. The number of rotatable bonds is 7. The summed E-state index contributed by atoms with van der Waals surface area (Å²) in [6, 6.07) is 3.63. The molecule has 114 valence electrons. The van der Waals surface area contributed by atoms with Crippen molar-refractivity contribution in [3.05, 3.63) is 27.8 Å². The summed E-state index contributed by atoms with van der Waals surface area (Å²) in [4.78, 5) is 15.1. The molecule has 21 heavy (non-hydrogen) atoms. The van der Waals surface area contributed by atoms with Crippen LogP contribution in [0.25, 0.3) is 10.2 Å². The Kier molecular flexibility index (Phi) is 5.08. The molecule has 1 aromatic heterocycles. The van der Waals surface area contributed by atoms with Crippen LogP contribution in [0.4, 0.5) is 11.4 Å². The Bertz CT molecular complexity index is 627. The Morgan fingerprint density at radius 1 is 1.48 bits per heavy atom. The van der Waals surface area contributed by atoms with Crippen LogP contribution in [0.2, 0.25) is 0 Å². The van der Waals surface area contributed by atoms with Gasteiger partial charge in [-0.3, -0.25) is 10.1 Å². The molecule has 0 saturated carbocycles. The Hall–Kier alpha value is -1.73. The van der Waals surface area contributed by atoms with Gasteiger partial charge in [-0.05, 0) is 25.0 Å². The molecule has 0 radical (unpaired) electrons. The molecule has 0 saturated heterocycles. The number of anilines is 1. The van der Waals surface area contributed by atoms with Gasteiger partial charge >= 0.3 is 5.69 Å². The first-order chi connectivity index (χ1) is 10.0. The van der Waals surface area contributed by atoms with Crippen LogP contribution in [0.1, 0.15) is 20.8 Å². The molecule has 2 rings (SSSR count). The van der Waals surface area contributed by atoms with Crippen molar-refractivity contribution < 1.29 is 9.66 Å². The number of benzene rings is 1. The lowest BCUT2D eigenvalue weighted by atomic mass is 10.0. The van der Waals surface area contributed by atoms with Crippen molar-refractivity contribution >= 4 is 32.9 Å². The van der Waals surface area contributed by atoms with Crippen LogP contribution in [-0.2, 0) is 4.74 Å². The first-order valence-electron chi connectivity index (χ1n) is 6.89. The van der Waals surface area contributed by atoms with Crippen LogP contribution in [0, 0.1) is 16.0 Å². The van der Waals surface area contributed by atoms with Crippen molar-refractivity contribution in [3.8, 4) is 0 Å². The topological polar surface area (TPSA) is 77.3 Å². The Morgan fingerprint density at radius 3 is 2.86 bits per heavy atom. The van der Waals surface area contributed by atoms with Crippen molar-refractivity contribution in [2.75, 3.05) is 18.5 Å². The van der Waals surface area contributed by atoms with E-state index in [0.717, 1.165) is 4.70 Å². The summed E-state index contributed by atoms with van der Waals surface area (Å²) in [5, 5.41) is 14.6. The fourth-order valence-electron chi connectivity index (χ4n) is 2.06. The van der Waals surface area contributed by atoms with Gasteiger partial charge in [-0.25, -0.2) is 4.98 Å². The molecule has 0 fully saturated rings. The molecule has 0 aliphatic rings. The van der Waals surface area contributed by atoms with E-state index < -0.39 is 0 Å². The molecule has 0 amide bonds. The summed E-state index contributed by atoms with van der Waals surface area (Å²) < 4.78 is 6.27. The van der Waals surface area contributed by atoms with Crippen molar-refractivity contribution in [2.24, 2.45) is 5.92 Å². The smallest absolute Gasteiger partial charge is 0.319 e. The maximum atomic E-state index is 11.4. The minimum Gasteiger partial charge on any atom is -0.380 e. The minimum atomic E-state index is -0.373. The quantitative estimate of drug-likeness (QED) is 0.623. The average molecular weight is 309 g/mol. The van der Waals surface area contributed by atoms with E-state index in [-0.39, 0.29) is 16.7 Å². The van der Waals surface area contributed by atoms with E-state index in [1.807, 2.05) is 13.0 Å². The molecule has 1 atom stereocenters. The molecule has 1 heterocycles. The minimum absolute atomic E-state index is 0.0136. The number of nitro benzene ring substituents is 1. The summed E-state index contributed by atoms with van der Waals surface area (Å²) in [6.07, 6.45) is 0. The molecule has 6 nitrogen and oxygen atoms in total. The summed E-state index contributed by atoms with van der Waals surface area (Å²) in [5.41, 5.74) is 2.60. The average Bonchev–Trinajstić information content (AvgIpc) is 2.90. The number of nitrogens with zero attached hydrogens (tertiary/aromatic N) is 2. The van der Waals surface area contributed by atoms with Gasteiger partial charge in [0, 0.05) is 6.61 Å².